The molecule has 204 valence electrons. The molecule has 1 saturated carbocycles. The van der Waals surface area contributed by atoms with Crippen molar-refractivity contribution in [2.45, 2.75) is 44.4 Å². The maximum absolute atomic E-state index is 13.4. The van der Waals surface area contributed by atoms with Gasteiger partial charge < -0.3 is 19.1 Å². The van der Waals surface area contributed by atoms with Gasteiger partial charge in [0.2, 0.25) is 5.88 Å². The number of rotatable bonds is 8. The van der Waals surface area contributed by atoms with Gasteiger partial charge in [0.25, 0.3) is 0 Å². The zero-order valence-corrected chi connectivity index (χ0v) is 21.9. The zero-order chi connectivity index (χ0) is 26.8. The molecule has 2 aliphatic rings. The third-order valence-electron chi connectivity index (χ3n) is 7.02. The Hall–Kier alpha value is -3.84. The highest BCUT2D eigenvalue weighted by atomic mass is 32.1. The summed E-state index contributed by atoms with van der Waals surface area (Å²) in [7, 11) is 0. The van der Waals surface area contributed by atoms with Crippen LogP contribution in [0.4, 0.5) is 15.2 Å². The van der Waals surface area contributed by atoms with Gasteiger partial charge in [-0.05, 0) is 37.8 Å². The van der Waals surface area contributed by atoms with Crippen LogP contribution >= 0.6 is 11.3 Å². The fourth-order valence-electron chi connectivity index (χ4n) is 4.98. The van der Waals surface area contributed by atoms with E-state index in [1.807, 2.05) is 12.1 Å². The quantitative estimate of drug-likeness (QED) is 0.221. The molecule has 0 atom stereocenters. The van der Waals surface area contributed by atoms with Gasteiger partial charge in [-0.1, -0.05) is 11.3 Å². The topological polar surface area (TPSA) is 118 Å². The Bertz CT molecular complexity index is 1460. The van der Waals surface area contributed by atoms with Crippen LogP contribution in [0.25, 0.3) is 10.9 Å². The molecule has 2 fully saturated rings. The second kappa shape index (κ2) is 11.1. The molecule has 1 aliphatic heterocycles. The molecule has 0 radical (unpaired) electrons. The molecule has 0 amide bonds. The molecule has 6 rings (SSSR count). The van der Waals surface area contributed by atoms with Crippen molar-refractivity contribution in [3.05, 3.63) is 63.7 Å². The van der Waals surface area contributed by atoms with Crippen LogP contribution < -0.4 is 14.4 Å². The predicted octanol–water partition coefficient (Wildman–Crippen LogP) is 4.91. The van der Waals surface area contributed by atoms with E-state index in [0.29, 0.717) is 24.8 Å². The minimum atomic E-state index is -0.409. The van der Waals surface area contributed by atoms with E-state index in [-0.39, 0.29) is 29.6 Å². The average molecular weight is 555 g/mol. The van der Waals surface area contributed by atoms with Crippen molar-refractivity contribution in [1.29, 1.82) is 0 Å². The van der Waals surface area contributed by atoms with Crippen molar-refractivity contribution in [1.82, 2.24) is 19.7 Å². The lowest BCUT2D eigenvalue weighted by Gasteiger charge is -2.30. The first kappa shape index (κ1) is 25.4. The summed E-state index contributed by atoms with van der Waals surface area (Å²) in [5.41, 5.74) is 0.737. The van der Waals surface area contributed by atoms with Gasteiger partial charge in [-0.25, -0.2) is 4.39 Å². The maximum atomic E-state index is 13.4. The van der Waals surface area contributed by atoms with E-state index in [1.165, 1.54) is 18.5 Å². The Balaban J connectivity index is 1.22. The fourth-order valence-corrected chi connectivity index (χ4v) is 5.71. The standard InChI is InChI=1S/C26H27FN6O5S/c27-17-13-29-32(15-17)18-1-3-19(4-2-18)38-26-22-11-20(37-16-21-5-6-25(39-21)33(34)35)14-28-23(22)12-24(30-26)31-7-9-36-10-8-31/h5-6,11-15,18-19H,1-4,7-10,16H2. The molecule has 4 aromatic heterocycles. The third-order valence-corrected chi connectivity index (χ3v) is 8.03. The summed E-state index contributed by atoms with van der Waals surface area (Å²) in [5.74, 6) is 1.47. The molecule has 11 nitrogen and oxygen atoms in total. The van der Waals surface area contributed by atoms with Crippen LogP contribution in [-0.2, 0) is 11.3 Å². The number of fused-ring (bicyclic) bond motifs is 1. The van der Waals surface area contributed by atoms with Gasteiger partial charge in [0.1, 0.15) is 24.3 Å². The smallest absolute Gasteiger partial charge is 0.324 e. The molecule has 4 aromatic rings. The van der Waals surface area contributed by atoms with Gasteiger partial charge >= 0.3 is 5.00 Å². The SMILES string of the molecule is O=[N+]([O-])c1ccc(COc2cnc3cc(N4CCOCC4)nc(OC4CCC(n5cc(F)cn5)CC4)c3c2)s1. The lowest BCUT2D eigenvalue weighted by molar-refractivity contribution is -0.380. The van der Waals surface area contributed by atoms with Gasteiger partial charge in [0.05, 0.1) is 53.7 Å². The first-order valence-corrected chi connectivity index (χ1v) is 13.7. The van der Waals surface area contributed by atoms with Crippen LogP contribution in [-0.4, -0.2) is 57.1 Å². The number of morpholine rings is 1. The number of ether oxygens (including phenoxy) is 3. The van der Waals surface area contributed by atoms with E-state index in [1.54, 1.807) is 16.9 Å². The van der Waals surface area contributed by atoms with Gasteiger partial charge in [-0.15, -0.1) is 0 Å². The molecular weight excluding hydrogens is 527 g/mol. The Morgan fingerprint density at radius 1 is 1.15 bits per heavy atom. The lowest BCUT2D eigenvalue weighted by Crippen LogP contribution is -2.36. The molecule has 5 heterocycles. The fraction of sp³-hybridized carbons (Fsp3) is 0.423. The molecular formula is C26H27FN6O5S. The summed E-state index contributed by atoms with van der Waals surface area (Å²) in [6.45, 7) is 2.93. The van der Waals surface area contributed by atoms with Crippen molar-refractivity contribution in [3.63, 3.8) is 0 Å². The largest absolute Gasteiger partial charge is 0.486 e. The number of halogens is 1. The van der Waals surface area contributed by atoms with Crippen molar-refractivity contribution >= 4 is 33.1 Å². The van der Waals surface area contributed by atoms with Crippen LogP contribution in [0.15, 0.2) is 42.9 Å². The van der Waals surface area contributed by atoms with Crippen LogP contribution in [0.1, 0.15) is 36.6 Å². The number of nitrogens with zero attached hydrogens (tertiary/aromatic N) is 6. The summed E-state index contributed by atoms with van der Waals surface area (Å²) in [6, 6.07) is 7.11. The Morgan fingerprint density at radius 2 is 1.97 bits per heavy atom. The molecule has 39 heavy (non-hydrogen) atoms. The van der Waals surface area contributed by atoms with Gasteiger partial charge in [-0.2, -0.15) is 10.1 Å². The molecule has 1 aliphatic carbocycles. The molecule has 1 saturated heterocycles. The number of aromatic nitrogens is 4. The van der Waals surface area contributed by atoms with E-state index in [4.69, 9.17) is 19.2 Å². The number of thiophene rings is 1. The van der Waals surface area contributed by atoms with E-state index < -0.39 is 4.92 Å². The number of hydrogen-bond acceptors (Lipinski definition) is 10. The van der Waals surface area contributed by atoms with E-state index in [9.17, 15) is 14.5 Å². The number of anilines is 1. The number of hydrogen-bond donors (Lipinski definition) is 0. The van der Waals surface area contributed by atoms with Crippen molar-refractivity contribution in [2.75, 3.05) is 31.2 Å². The van der Waals surface area contributed by atoms with Crippen LogP contribution in [0.2, 0.25) is 0 Å². The van der Waals surface area contributed by atoms with Crippen molar-refractivity contribution in [3.8, 4) is 11.6 Å². The predicted molar refractivity (Wildman–Crippen MR) is 142 cm³/mol. The highest BCUT2D eigenvalue weighted by Crippen LogP contribution is 2.35. The van der Waals surface area contributed by atoms with Crippen LogP contribution in [0, 0.1) is 15.9 Å². The Morgan fingerprint density at radius 3 is 2.69 bits per heavy atom. The minimum Gasteiger partial charge on any atom is -0.486 e. The second-order valence-electron chi connectivity index (χ2n) is 9.60. The second-order valence-corrected chi connectivity index (χ2v) is 10.7. The highest BCUT2D eigenvalue weighted by molar-refractivity contribution is 7.15. The first-order valence-electron chi connectivity index (χ1n) is 12.9. The van der Waals surface area contributed by atoms with E-state index in [0.717, 1.165) is 71.7 Å². The van der Waals surface area contributed by atoms with Gasteiger partial charge in [-0.3, -0.25) is 19.8 Å². The Labute approximate surface area is 227 Å². The Kier molecular flexibility index (Phi) is 7.24. The average Bonchev–Trinajstić information content (AvgIpc) is 3.62. The van der Waals surface area contributed by atoms with Gasteiger partial charge in [0.15, 0.2) is 5.82 Å². The zero-order valence-electron chi connectivity index (χ0n) is 21.1. The molecule has 0 N–H and O–H groups in total. The monoisotopic (exact) mass is 554 g/mol. The maximum Gasteiger partial charge on any atom is 0.324 e. The molecule has 13 heteroatoms. The first-order chi connectivity index (χ1) is 19.0. The van der Waals surface area contributed by atoms with Crippen LogP contribution in [0.3, 0.4) is 0 Å². The molecule has 0 bridgehead atoms. The highest BCUT2D eigenvalue weighted by Gasteiger charge is 2.26. The summed E-state index contributed by atoms with van der Waals surface area (Å²) in [4.78, 5) is 23.0. The summed E-state index contributed by atoms with van der Waals surface area (Å²) in [5, 5.41) is 15.9. The van der Waals surface area contributed by atoms with E-state index in [2.05, 4.69) is 15.0 Å². The summed E-state index contributed by atoms with van der Waals surface area (Å²) >= 11 is 1.08. The third kappa shape index (κ3) is 5.78. The van der Waals surface area contributed by atoms with Crippen molar-refractivity contribution in [2.24, 2.45) is 0 Å². The minimum absolute atomic E-state index is 0.0476. The normalized spacial score (nSPS) is 19.8. The molecule has 0 aromatic carbocycles. The molecule has 0 unspecified atom stereocenters. The summed E-state index contributed by atoms with van der Waals surface area (Å²) in [6.07, 6.45) is 7.50. The van der Waals surface area contributed by atoms with Crippen LogP contribution in [0.5, 0.6) is 11.6 Å². The number of pyridine rings is 2. The number of nitro groups is 1. The van der Waals surface area contributed by atoms with E-state index >= 15 is 0 Å². The summed E-state index contributed by atoms with van der Waals surface area (Å²) < 4.78 is 33.1. The lowest BCUT2D eigenvalue weighted by atomic mass is 9.93. The van der Waals surface area contributed by atoms with Crippen molar-refractivity contribution < 1.29 is 23.5 Å². The molecule has 0 spiro atoms. The van der Waals surface area contributed by atoms with Gasteiger partial charge in [0, 0.05) is 30.1 Å².